The minimum Gasteiger partial charge on any atom is -0.0974 e. The van der Waals surface area contributed by atoms with Crippen LogP contribution >= 0.6 is 23.5 Å². The molecule has 0 aliphatic rings. The van der Waals surface area contributed by atoms with E-state index < -0.39 is 0 Å². The Hall–Kier alpha value is -1.56. The van der Waals surface area contributed by atoms with Crippen LogP contribution in [0.3, 0.4) is 0 Å². The molecule has 88 valence electrons. The zero-order valence-corrected chi connectivity index (χ0v) is 11.4. The van der Waals surface area contributed by atoms with E-state index in [1.54, 1.807) is 23.5 Å². The molecule has 18 heavy (non-hydrogen) atoms. The first kappa shape index (κ1) is 12.9. The summed E-state index contributed by atoms with van der Waals surface area (Å²) in [4.78, 5) is 2.40. The number of rotatable bonds is 3. The first-order valence-corrected chi connectivity index (χ1v) is 7.24. The summed E-state index contributed by atoms with van der Waals surface area (Å²) in [5, 5.41) is 5.06. The van der Waals surface area contributed by atoms with Crippen molar-refractivity contribution in [1.29, 1.82) is 0 Å². The average molecular weight is 268 g/mol. The Balaban J connectivity index is 1.78. The minimum atomic E-state index is 1.18. The third-order valence-corrected chi connectivity index (χ3v) is 3.61. The molecule has 0 aliphatic carbocycles. The maximum absolute atomic E-state index is 3.05. The van der Waals surface area contributed by atoms with Gasteiger partial charge in [0.2, 0.25) is 0 Å². The molecule has 0 bridgehead atoms. The van der Waals surface area contributed by atoms with E-state index in [0.29, 0.717) is 0 Å². The van der Waals surface area contributed by atoms with Crippen LogP contribution in [0.4, 0.5) is 0 Å². The van der Waals surface area contributed by atoms with Crippen molar-refractivity contribution < 1.29 is 0 Å². The Bertz CT molecular complexity index is 548. The van der Waals surface area contributed by atoms with Crippen molar-refractivity contribution in [2.24, 2.45) is 0 Å². The quantitative estimate of drug-likeness (QED) is 0.564. The highest BCUT2D eigenvalue weighted by atomic mass is 32.2. The molecule has 0 nitrogen and oxygen atoms in total. The molecule has 2 aromatic rings. The van der Waals surface area contributed by atoms with Gasteiger partial charge >= 0.3 is 0 Å². The lowest BCUT2D eigenvalue weighted by Gasteiger charge is -1.91. The molecule has 0 saturated heterocycles. The van der Waals surface area contributed by atoms with E-state index in [0.717, 1.165) is 0 Å². The minimum absolute atomic E-state index is 1.18. The van der Waals surface area contributed by atoms with Crippen LogP contribution < -0.4 is 0 Å². The number of allylic oxidation sites excluding steroid dienone is 1. The molecule has 0 N–H and O–H groups in total. The predicted octanol–water partition coefficient (Wildman–Crippen LogP) is 5.05. The van der Waals surface area contributed by atoms with Gasteiger partial charge in [0.05, 0.1) is 0 Å². The van der Waals surface area contributed by atoms with Gasteiger partial charge in [0.25, 0.3) is 0 Å². The number of hydrogen-bond acceptors (Lipinski definition) is 2. The maximum atomic E-state index is 3.05. The summed E-state index contributed by atoms with van der Waals surface area (Å²) >= 11 is 3.22. The molecule has 0 fully saturated rings. The summed E-state index contributed by atoms with van der Waals surface area (Å²) in [6, 6.07) is 20.4. The van der Waals surface area contributed by atoms with Gasteiger partial charge in [-0.2, -0.15) is 0 Å². The second kappa shape index (κ2) is 7.71. The van der Waals surface area contributed by atoms with E-state index in [1.165, 1.54) is 9.79 Å². The van der Waals surface area contributed by atoms with Gasteiger partial charge in [-0.15, -0.1) is 0 Å². The highest BCUT2D eigenvalue weighted by molar-refractivity contribution is 8.04. The van der Waals surface area contributed by atoms with E-state index in [2.05, 4.69) is 35.4 Å². The fourth-order valence-corrected chi connectivity index (χ4v) is 2.40. The summed E-state index contributed by atoms with van der Waals surface area (Å²) in [6.45, 7) is 0. The number of benzene rings is 2. The van der Waals surface area contributed by atoms with Gasteiger partial charge in [0, 0.05) is 9.79 Å². The van der Waals surface area contributed by atoms with Gasteiger partial charge in [-0.25, -0.2) is 0 Å². The second-order valence-corrected chi connectivity index (χ2v) is 5.25. The standard InChI is InChI=1S/C16H12S2/c1-3-9-15(10-4-1)17-13-7-8-14-18-16-11-5-2-6-12-16/h1-7,9-13H. The molecule has 0 aliphatic heterocycles. The van der Waals surface area contributed by atoms with E-state index in [-0.39, 0.29) is 0 Å². The molecule has 0 amide bonds. The molecule has 2 heteroatoms. The first-order valence-electron chi connectivity index (χ1n) is 5.54. The lowest BCUT2D eigenvalue weighted by atomic mass is 10.4. The highest BCUT2D eigenvalue weighted by Gasteiger charge is 1.86. The fourth-order valence-electron chi connectivity index (χ4n) is 1.26. The van der Waals surface area contributed by atoms with E-state index in [1.807, 2.05) is 47.9 Å². The van der Waals surface area contributed by atoms with Crippen molar-refractivity contribution in [3.8, 4) is 11.2 Å². The Morgan fingerprint density at radius 3 is 2.06 bits per heavy atom. The number of thioether (sulfide) groups is 2. The van der Waals surface area contributed by atoms with Gasteiger partial charge in [-0.05, 0) is 52.8 Å². The lowest BCUT2D eigenvalue weighted by molar-refractivity contribution is 1.47. The summed E-state index contributed by atoms with van der Waals surface area (Å²) in [5.74, 6) is 3.02. The highest BCUT2D eigenvalue weighted by Crippen LogP contribution is 2.18. The summed E-state index contributed by atoms with van der Waals surface area (Å²) in [5.41, 5.74) is 0. The smallest absolute Gasteiger partial charge is 0.0203 e. The van der Waals surface area contributed by atoms with Gasteiger partial charge in [-0.3, -0.25) is 0 Å². The zero-order chi connectivity index (χ0) is 12.5. The Morgan fingerprint density at radius 1 is 0.778 bits per heavy atom. The van der Waals surface area contributed by atoms with Gasteiger partial charge in [-0.1, -0.05) is 54.1 Å². The third kappa shape index (κ3) is 4.75. The van der Waals surface area contributed by atoms with Gasteiger partial charge < -0.3 is 0 Å². The van der Waals surface area contributed by atoms with Crippen LogP contribution in [0.5, 0.6) is 0 Å². The second-order valence-electron chi connectivity index (χ2n) is 3.40. The lowest BCUT2D eigenvalue weighted by Crippen LogP contribution is -1.64. The van der Waals surface area contributed by atoms with Crippen molar-refractivity contribution in [2.45, 2.75) is 9.79 Å². The average Bonchev–Trinajstić information content (AvgIpc) is 2.45. The van der Waals surface area contributed by atoms with Crippen molar-refractivity contribution in [1.82, 2.24) is 0 Å². The molecule has 0 saturated carbocycles. The largest absolute Gasteiger partial charge is 0.0974 e. The molecular formula is C16H12S2. The molecule has 0 radical (unpaired) electrons. The van der Waals surface area contributed by atoms with Crippen LogP contribution in [0.25, 0.3) is 0 Å². The number of hydrogen-bond donors (Lipinski definition) is 0. The summed E-state index contributed by atoms with van der Waals surface area (Å²) in [7, 11) is 0. The zero-order valence-electron chi connectivity index (χ0n) is 9.74. The predicted molar refractivity (Wildman–Crippen MR) is 81.5 cm³/mol. The molecule has 2 aromatic carbocycles. The Labute approximate surface area is 117 Å². The Morgan fingerprint density at radius 2 is 1.39 bits per heavy atom. The van der Waals surface area contributed by atoms with E-state index >= 15 is 0 Å². The van der Waals surface area contributed by atoms with Crippen molar-refractivity contribution in [3.05, 3.63) is 72.1 Å². The fraction of sp³-hybridized carbons (Fsp3) is 0. The SMILES string of the molecule is C(#CSc1ccccc1)C=CSc1ccccc1. The van der Waals surface area contributed by atoms with Crippen LogP contribution in [-0.2, 0) is 0 Å². The molecule has 2 rings (SSSR count). The third-order valence-electron chi connectivity index (χ3n) is 2.07. The van der Waals surface area contributed by atoms with Gasteiger partial charge in [0.15, 0.2) is 0 Å². The van der Waals surface area contributed by atoms with Crippen molar-refractivity contribution in [2.75, 3.05) is 0 Å². The van der Waals surface area contributed by atoms with Crippen LogP contribution in [0.1, 0.15) is 0 Å². The molecule has 0 spiro atoms. The van der Waals surface area contributed by atoms with Crippen LogP contribution in [0.2, 0.25) is 0 Å². The van der Waals surface area contributed by atoms with Crippen molar-refractivity contribution >= 4 is 23.5 Å². The van der Waals surface area contributed by atoms with E-state index in [9.17, 15) is 0 Å². The van der Waals surface area contributed by atoms with Crippen LogP contribution in [0.15, 0.2) is 81.9 Å². The first-order chi connectivity index (χ1) is 8.95. The monoisotopic (exact) mass is 268 g/mol. The van der Waals surface area contributed by atoms with Crippen molar-refractivity contribution in [3.63, 3.8) is 0 Å². The normalized spacial score (nSPS) is 10.0. The molecule has 0 atom stereocenters. The topological polar surface area (TPSA) is 0 Å². The summed E-state index contributed by atoms with van der Waals surface area (Å²) in [6.07, 6.45) is 1.88. The molecule has 0 heterocycles. The Kier molecular flexibility index (Phi) is 5.52. The molecule has 0 unspecified atom stereocenters. The van der Waals surface area contributed by atoms with Gasteiger partial charge in [0.1, 0.15) is 0 Å². The van der Waals surface area contributed by atoms with E-state index in [4.69, 9.17) is 0 Å². The summed E-state index contributed by atoms with van der Waals surface area (Å²) < 4.78 is 0. The van der Waals surface area contributed by atoms with Crippen LogP contribution in [-0.4, -0.2) is 0 Å². The maximum Gasteiger partial charge on any atom is 0.0203 e. The van der Waals surface area contributed by atoms with Crippen LogP contribution in [0, 0.1) is 11.2 Å². The molecule has 0 aromatic heterocycles. The molecular weight excluding hydrogens is 256 g/mol.